The Morgan fingerprint density at radius 3 is 2.89 bits per heavy atom. The molecule has 0 radical (unpaired) electrons. The Labute approximate surface area is 109 Å². The number of nitrogens with one attached hydrogen (secondary N) is 1. The minimum atomic E-state index is -0.109. The van der Waals surface area contributed by atoms with Crippen LogP contribution in [0.4, 0.5) is 5.82 Å². The van der Waals surface area contributed by atoms with Gasteiger partial charge in [-0.2, -0.15) is 0 Å². The topological polar surface area (TPSA) is 80.9 Å². The van der Waals surface area contributed by atoms with Crippen LogP contribution in [0.15, 0.2) is 18.3 Å². The maximum atomic E-state index is 11.9. The Bertz CT molecular complexity index is 560. The molecule has 6 heteroatoms. The van der Waals surface area contributed by atoms with E-state index < -0.39 is 0 Å². The largest absolute Gasteiger partial charge is 0.384 e. The minimum Gasteiger partial charge on any atom is -0.384 e. The van der Waals surface area contributed by atoms with E-state index in [1.54, 1.807) is 12.3 Å². The molecule has 0 bridgehead atoms. The smallest absolute Gasteiger partial charge is 0.261 e. The second-order valence-electron chi connectivity index (χ2n) is 3.93. The molecule has 2 rings (SSSR count). The van der Waals surface area contributed by atoms with Gasteiger partial charge in [-0.25, -0.2) is 9.97 Å². The van der Waals surface area contributed by atoms with Crippen molar-refractivity contribution in [2.24, 2.45) is 0 Å². The van der Waals surface area contributed by atoms with Gasteiger partial charge in [-0.3, -0.25) is 4.79 Å². The fourth-order valence-electron chi connectivity index (χ4n) is 1.43. The molecule has 1 amide bonds. The molecule has 2 aromatic rings. The Morgan fingerprint density at radius 2 is 2.28 bits per heavy atom. The van der Waals surface area contributed by atoms with Crippen molar-refractivity contribution in [3.8, 4) is 0 Å². The van der Waals surface area contributed by atoms with Crippen LogP contribution in [0.5, 0.6) is 0 Å². The van der Waals surface area contributed by atoms with Crippen LogP contribution in [0, 0.1) is 13.8 Å². The van der Waals surface area contributed by atoms with Gasteiger partial charge in [0, 0.05) is 11.1 Å². The molecule has 0 atom stereocenters. The third-order valence-corrected chi connectivity index (χ3v) is 3.68. The molecule has 0 fully saturated rings. The second kappa shape index (κ2) is 5.14. The lowest BCUT2D eigenvalue weighted by Crippen LogP contribution is -2.23. The SMILES string of the molecule is Cc1cc(C(=O)NCc2nccc(N)n2)sc1C. The third kappa shape index (κ3) is 2.84. The molecule has 0 aliphatic carbocycles. The van der Waals surface area contributed by atoms with E-state index in [-0.39, 0.29) is 12.5 Å². The highest BCUT2D eigenvalue weighted by Crippen LogP contribution is 2.20. The van der Waals surface area contributed by atoms with Crippen molar-refractivity contribution in [2.45, 2.75) is 20.4 Å². The number of amides is 1. The standard InChI is InChI=1S/C12H14N4OS/c1-7-5-9(18-8(7)2)12(17)15-6-11-14-4-3-10(13)16-11/h3-5H,6H2,1-2H3,(H,15,17)(H2,13,14,16). The third-order valence-electron chi connectivity index (χ3n) is 2.52. The monoisotopic (exact) mass is 262 g/mol. The molecule has 0 aliphatic rings. The van der Waals surface area contributed by atoms with Crippen molar-refractivity contribution in [1.82, 2.24) is 15.3 Å². The van der Waals surface area contributed by atoms with E-state index in [4.69, 9.17) is 5.73 Å². The first-order valence-corrected chi connectivity index (χ1v) is 6.30. The molecular formula is C12H14N4OS. The maximum absolute atomic E-state index is 11.9. The van der Waals surface area contributed by atoms with E-state index in [1.165, 1.54) is 11.3 Å². The molecule has 0 saturated carbocycles. The van der Waals surface area contributed by atoms with Crippen molar-refractivity contribution in [3.63, 3.8) is 0 Å². The van der Waals surface area contributed by atoms with Crippen LogP contribution < -0.4 is 11.1 Å². The van der Waals surface area contributed by atoms with Crippen LogP contribution in [0.2, 0.25) is 0 Å². The number of carbonyl (C=O) groups is 1. The zero-order valence-corrected chi connectivity index (χ0v) is 11.0. The Balaban J connectivity index is 2.00. The number of carbonyl (C=O) groups excluding carboxylic acids is 1. The summed E-state index contributed by atoms with van der Waals surface area (Å²) in [6.45, 7) is 4.27. The lowest BCUT2D eigenvalue weighted by molar-refractivity contribution is 0.0954. The summed E-state index contributed by atoms with van der Waals surface area (Å²) in [6.07, 6.45) is 1.57. The van der Waals surface area contributed by atoms with Crippen molar-refractivity contribution in [3.05, 3.63) is 39.5 Å². The van der Waals surface area contributed by atoms with Crippen molar-refractivity contribution >= 4 is 23.1 Å². The number of nitrogens with two attached hydrogens (primary N) is 1. The summed E-state index contributed by atoms with van der Waals surface area (Å²) in [5.74, 6) is 0.799. The molecule has 2 aromatic heterocycles. The number of aromatic nitrogens is 2. The predicted molar refractivity (Wildman–Crippen MR) is 71.4 cm³/mol. The summed E-state index contributed by atoms with van der Waals surface area (Å²) in [6, 6.07) is 3.49. The Morgan fingerprint density at radius 1 is 1.50 bits per heavy atom. The van der Waals surface area contributed by atoms with Crippen molar-refractivity contribution in [2.75, 3.05) is 5.73 Å². The van der Waals surface area contributed by atoms with Crippen LogP contribution >= 0.6 is 11.3 Å². The van der Waals surface area contributed by atoms with Gasteiger partial charge in [0.2, 0.25) is 0 Å². The van der Waals surface area contributed by atoms with Gasteiger partial charge in [0.05, 0.1) is 11.4 Å². The van der Waals surface area contributed by atoms with E-state index in [2.05, 4.69) is 15.3 Å². The van der Waals surface area contributed by atoms with Gasteiger partial charge in [0.15, 0.2) is 0 Å². The molecule has 94 valence electrons. The predicted octanol–water partition coefficient (Wildman–Crippen LogP) is 1.67. The van der Waals surface area contributed by atoms with E-state index in [1.807, 2.05) is 19.9 Å². The molecule has 2 heterocycles. The van der Waals surface area contributed by atoms with Crippen LogP contribution in [0.25, 0.3) is 0 Å². The molecule has 0 spiro atoms. The first-order chi connectivity index (χ1) is 8.56. The summed E-state index contributed by atoms with van der Waals surface area (Å²) < 4.78 is 0. The Hall–Kier alpha value is -1.95. The molecule has 5 nitrogen and oxygen atoms in total. The number of hydrogen-bond acceptors (Lipinski definition) is 5. The van der Waals surface area contributed by atoms with Gasteiger partial charge in [-0.15, -0.1) is 11.3 Å². The molecule has 3 N–H and O–H groups in total. The van der Waals surface area contributed by atoms with E-state index >= 15 is 0 Å². The molecule has 0 saturated heterocycles. The number of hydrogen-bond donors (Lipinski definition) is 2. The zero-order valence-electron chi connectivity index (χ0n) is 10.2. The number of nitrogen functional groups attached to an aromatic ring is 1. The lowest BCUT2D eigenvalue weighted by atomic mass is 10.3. The summed E-state index contributed by atoms with van der Waals surface area (Å²) >= 11 is 1.48. The normalized spacial score (nSPS) is 10.3. The maximum Gasteiger partial charge on any atom is 0.261 e. The van der Waals surface area contributed by atoms with E-state index in [0.717, 1.165) is 10.4 Å². The highest BCUT2D eigenvalue weighted by atomic mass is 32.1. The summed E-state index contributed by atoms with van der Waals surface area (Å²) in [5.41, 5.74) is 6.67. The molecular weight excluding hydrogens is 248 g/mol. The van der Waals surface area contributed by atoms with Gasteiger partial charge >= 0.3 is 0 Å². The van der Waals surface area contributed by atoms with Crippen LogP contribution in [-0.4, -0.2) is 15.9 Å². The van der Waals surface area contributed by atoms with Gasteiger partial charge < -0.3 is 11.1 Å². The van der Waals surface area contributed by atoms with Crippen molar-refractivity contribution < 1.29 is 4.79 Å². The fraction of sp³-hybridized carbons (Fsp3) is 0.250. The number of thiophene rings is 1. The highest BCUT2D eigenvalue weighted by molar-refractivity contribution is 7.14. The zero-order chi connectivity index (χ0) is 13.1. The van der Waals surface area contributed by atoms with Crippen LogP contribution in [-0.2, 0) is 6.54 Å². The van der Waals surface area contributed by atoms with Crippen LogP contribution in [0.3, 0.4) is 0 Å². The summed E-state index contributed by atoms with van der Waals surface area (Å²) in [4.78, 5) is 21.8. The first-order valence-electron chi connectivity index (χ1n) is 5.49. The van der Waals surface area contributed by atoms with E-state index in [9.17, 15) is 4.79 Å². The lowest BCUT2D eigenvalue weighted by Gasteiger charge is -2.02. The van der Waals surface area contributed by atoms with Crippen LogP contribution in [0.1, 0.15) is 25.9 Å². The molecule has 0 aliphatic heterocycles. The minimum absolute atomic E-state index is 0.109. The number of aryl methyl sites for hydroxylation is 2. The molecule has 18 heavy (non-hydrogen) atoms. The second-order valence-corrected chi connectivity index (χ2v) is 5.19. The van der Waals surface area contributed by atoms with Gasteiger partial charge in [-0.1, -0.05) is 0 Å². The van der Waals surface area contributed by atoms with Gasteiger partial charge in [-0.05, 0) is 31.5 Å². The number of anilines is 1. The van der Waals surface area contributed by atoms with Gasteiger partial charge in [0.1, 0.15) is 11.6 Å². The van der Waals surface area contributed by atoms with Gasteiger partial charge in [0.25, 0.3) is 5.91 Å². The molecule has 0 unspecified atom stereocenters. The summed E-state index contributed by atoms with van der Waals surface area (Å²) in [5, 5.41) is 2.77. The van der Waals surface area contributed by atoms with E-state index in [0.29, 0.717) is 16.5 Å². The average molecular weight is 262 g/mol. The fourth-order valence-corrected chi connectivity index (χ4v) is 2.38. The Kier molecular flexibility index (Phi) is 3.57. The first kappa shape index (κ1) is 12.5. The van der Waals surface area contributed by atoms with Crippen molar-refractivity contribution in [1.29, 1.82) is 0 Å². The highest BCUT2D eigenvalue weighted by Gasteiger charge is 2.10. The number of rotatable bonds is 3. The molecule has 0 aromatic carbocycles. The summed E-state index contributed by atoms with van der Waals surface area (Å²) in [7, 11) is 0. The quantitative estimate of drug-likeness (QED) is 0.881. The number of nitrogens with zero attached hydrogens (tertiary/aromatic N) is 2. The average Bonchev–Trinajstić information content (AvgIpc) is 2.67.